The van der Waals surface area contributed by atoms with Crippen molar-refractivity contribution in [3.8, 4) is 0 Å². The van der Waals surface area contributed by atoms with E-state index in [0.717, 1.165) is 36.1 Å². The number of benzene rings is 1. The average molecular weight is 290 g/mol. The maximum atomic E-state index is 12.3. The highest BCUT2D eigenvalue weighted by Crippen LogP contribution is 2.30. The molecule has 1 aliphatic carbocycles. The molecule has 4 heteroatoms. The lowest BCUT2D eigenvalue weighted by atomic mass is 9.93. The fraction of sp³-hybridized carbons (Fsp3) is 0.312. The molecule has 20 heavy (non-hydrogen) atoms. The van der Waals surface area contributed by atoms with Gasteiger partial charge in [0.2, 0.25) is 0 Å². The van der Waals surface area contributed by atoms with Crippen LogP contribution in [0.25, 0.3) is 0 Å². The number of halogens is 1. The minimum Gasteiger partial charge on any atom is -0.469 e. The second kappa shape index (κ2) is 5.71. The van der Waals surface area contributed by atoms with E-state index >= 15 is 0 Å². The maximum Gasteiger partial charge on any atom is 0.251 e. The van der Waals surface area contributed by atoms with Crippen molar-refractivity contribution in [3.05, 3.63) is 59.0 Å². The molecular weight excluding hydrogens is 274 g/mol. The van der Waals surface area contributed by atoms with E-state index in [4.69, 9.17) is 16.0 Å². The summed E-state index contributed by atoms with van der Waals surface area (Å²) in [6, 6.07) is 9.39. The van der Waals surface area contributed by atoms with Crippen molar-refractivity contribution in [1.82, 2.24) is 5.32 Å². The first kappa shape index (κ1) is 13.3. The fourth-order valence-electron chi connectivity index (χ4n) is 2.62. The number of amides is 1. The van der Waals surface area contributed by atoms with Gasteiger partial charge in [0.15, 0.2) is 0 Å². The van der Waals surface area contributed by atoms with Crippen molar-refractivity contribution in [3.63, 3.8) is 0 Å². The molecular formula is C16H16ClNO2. The van der Waals surface area contributed by atoms with Crippen molar-refractivity contribution in [2.24, 2.45) is 0 Å². The van der Waals surface area contributed by atoms with E-state index < -0.39 is 0 Å². The molecule has 1 aliphatic rings. The standard InChI is InChI=1S/C16H16ClNO2/c17-10-11-4-6-12(7-5-11)16(19)18-14-2-1-3-15-13(14)8-9-20-15/h4-9,14H,1-3,10H2,(H,18,19). The van der Waals surface area contributed by atoms with Gasteiger partial charge in [-0.25, -0.2) is 0 Å². The Hall–Kier alpha value is -1.74. The highest BCUT2D eigenvalue weighted by molar-refractivity contribution is 6.17. The fourth-order valence-corrected chi connectivity index (χ4v) is 2.80. The number of alkyl halides is 1. The van der Waals surface area contributed by atoms with Crippen LogP contribution >= 0.6 is 11.6 Å². The van der Waals surface area contributed by atoms with E-state index in [9.17, 15) is 4.79 Å². The summed E-state index contributed by atoms with van der Waals surface area (Å²) in [6.45, 7) is 0. The summed E-state index contributed by atoms with van der Waals surface area (Å²) < 4.78 is 5.44. The third-order valence-electron chi connectivity index (χ3n) is 3.73. The van der Waals surface area contributed by atoms with Gasteiger partial charge in [0.05, 0.1) is 12.3 Å². The number of furan rings is 1. The average Bonchev–Trinajstić information content (AvgIpc) is 2.97. The minimum absolute atomic E-state index is 0.0508. The number of nitrogens with one attached hydrogen (secondary N) is 1. The van der Waals surface area contributed by atoms with E-state index in [2.05, 4.69) is 5.32 Å². The molecule has 1 unspecified atom stereocenters. The Morgan fingerprint density at radius 1 is 1.30 bits per heavy atom. The molecule has 3 rings (SSSR count). The van der Waals surface area contributed by atoms with Gasteiger partial charge in [0.25, 0.3) is 5.91 Å². The molecule has 0 fully saturated rings. The van der Waals surface area contributed by atoms with E-state index in [1.54, 1.807) is 6.26 Å². The summed E-state index contributed by atoms with van der Waals surface area (Å²) in [5.74, 6) is 1.41. The Labute approximate surface area is 122 Å². The predicted molar refractivity (Wildman–Crippen MR) is 77.9 cm³/mol. The van der Waals surface area contributed by atoms with Crippen LogP contribution in [0.1, 0.15) is 46.1 Å². The number of carbonyl (C=O) groups excluding carboxylic acids is 1. The molecule has 104 valence electrons. The van der Waals surface area contributed by atoms with Crippen molar-refractivity contribution >= 4 is 17.5 Å². The number of fused-ring (bicyclic) bond motifs is 1. The lowest BCUT2D eigenvalue weighted by Crippen LogP contribution is -2.30. The molecule has 0 aliphatic heterocycles. The predicted octanol–water partition coefficient (Wildman–Crippen LogP) is 3.83. The summed E-state index contributed by atoms with van der Waals surface area (Å²) in [7, 11) is 0. The van der Waals surface area contributed by atoms with E-state index in [0.29, 0.717) is 11.4 Å². The number of aryl methyl sites for hydroxylation is 1. The summed E-state index contributed by atoms with van der Waals surface area (Å²) in [4.78, 5) is 12.3. The molecule has 0 radical (unpaired) electrons. The molecule has 0 spiro atoms. The quantitative estimate of drug-likeness (QED) is 0.873. The molecule has 1 atom stereocenters. The first-order chi connectivity index (χ1) is 9.78. The zero-order chi connectivity index (χ0) is 13.9. The molecule has 1 N–H and O–H groups in total. The zero-order valence-corrected chi connectivity index (χ0v) is 11.8. The summed E-state index contributed by atoms with van der Waals surface area (Å²) in [5, 5.41) is 3.08. The van der Waals surface area contributed by atoms with Crippen molar-refractivity contribution in [2.75, 3.05) is 0 Å². The Balaban J connectivity index is 1.73. The molecule has 1 amide bonds. The Morgan fingerprint density at radius 2 is 2.10 bits per heavy atom. The lowest BCUT2D eigenvalue weighted by molar-refractivity contribution is 0.0932. The highest BCUT2D eigenvalue weighted by Gasteiger charge is 2.24. The minimum atomic E-state index is -0.0508. The van der Waals surface area contributed by atoms with Crippen LogP contribution in [0.4, 0.5) is 0 Å². The molecule has 0 bridgehead atoms. The first-order valence-corrected chi connectivity index (χ1v) is 7.33. The van der Waals surface area contributed by atoms with E-state index in [1.165, 1.54) is 0 Å². The Morgan fingerprint density at radius 3 is 2.85 bits per heavy atom. The second-order valence-electron chi connectivity index (χ2n) is 5.05. The largest absolute Gasteiger partial charge is 0.469 e. The zero-order valence-electron chi connectivity index (χ0n) is 11.1. The van der Waals surface area contributed by atoms with Gasteiger partial charge in [-0.3, -0.25) is 4.79 Å². The number of rotatable bonds is 3. The van der Waals surface area contributed by atoms with Gasteiger partial charge in [-0.15, -0.1) is 11.6 Å². The third-order valence-corrected chi connectivity index (χ3v) is 4.04. The van der Waals surface area contributed by atoms with Crippen LogP contribution in [0.3, 0.4) is 0 Å². The highest BCUT2D eigenvalue weighted by atomic mass is 35.5. The Bertz CT molecular complexity index is 603. The molecule has 0 saturated carbocycles. The maximum absolute atomic E-state index is 12.3. The number of hydrogen-bond acceptors (Lipinski definition) is 2. The Kier molecular flexibility index (Phi) is 3.79. The lowest BCUT2D eigenvalue weighted by Gasteiger charge is -2.22. The van der Waals surface area contributed by atoms with E-state index in [1.807, 2.05) is 30.3 Å². The second-order valence-corrected chi connectivity index (χ2v) is 5.32. The van der Waals surface area contributed by atoms with Crippen LogP contribution in [0.2, 0.25) is 0 Å². The van der Waals surface area contributed by atoms with Crippen LogP contribution in [-0.2, 0) is 12.3 Å². The van der Waals surface area contributed by atoms with Gasteiger partial charge in [0.1, 0.15) is 5.76 Å². The summed E-state index contributed by atoms with van der Waals surface area (Å²) in [5.41, 5.74) is 2.79. The van der Waals surface area contributed by atoms with Gasteiger partial charge in [0, 0.05) is 23.4 Å². The normalized spacial score (nSPS) is 17.6. The summed E-state index contributed by atoms with van der Waals surface area (Å²) >= 11 is 5.75. The van der Waals surface area contributed by atoms with Gasteiger partial charge >= 0.3 is 0 Å². The molecule has 3 nitrogen and oxygen atoms in total. The van der Waals surface area contributed by atoms with Crippen LogP contribution in [0.5, 0.6) is 0 Å². The smallest absolute Gasteiger partial charge is 0.251 e. The van der Waals surface area contributed by atoms with Gasteiger partial charge < -0.3 is 9.73 Å². The molecule has 1 aromatic heterocycles. The van der Waals surface area contributed by atoms with Gasteiger partial charge in [-0.05, 0) is 36.6 Å². The monoisotopic (exact) mass is 289 g/mol. The SMILES string of the molecule is O=C(NC1CCCc2occc21)c1ccc(CCl)cc1. The topological polar surface area (TPSA) is 42.2 Å². The molecule has 1 aromatic carbocycles. The third kappa shape index (κ3) is 2.59. The summed E-state index contributed by atoms with van der Waals surface area (Å²) in [6.07, 6.45) is 4.65. The molecule has 0 saturated heterocycles. The van der Waals surface area contributed by atoms with Gasteiger partial charge in [-0.2, -0.15) is 0 Å². The van der Waals surface area contributed by atoms with Gasteiger partial charge in [-0.1, -0.05) is 12.1 Å². The van der Waals surface area contributed by atoms with Crippen molar-refractivity contribution in [1.29, 1.82) is 0 Å². The van der Waals surface area contributed by atoms with Crippen LogP contribution in [0, 0.1) is 0 Å². The van der Waals surface area contributed by atoms with Crippen LogP contribution in [0.15, 0.2) is 41.0 Å². The van der Waals surface area contributed by atoms with E-state index in [-0.39, 0.29) is 11.9 Å². The van der Waals surface area contributed by atoms with Crippen molar-refractivity contribution < 1.29 is 9.21 Å². The molecule has 1 heterocycles. The number of hydrogen-bond donors (Lipinski definition) is 1. The van der Waals surface area contributed by atoms with Crippen LogP contribution in [-0.4, -0.2) is 5.91 Å². The first-order valence-electron chi connectivity index (χ1n) is 6.80. The van der Waals surface area contributed by atoms with Crippen LogP contribution < -0.4 is 5.32 Å². The van der Waals surface area contributed by atoms with Crippen molar-refractivity contribution in [2.45, 2.75) is 31.2 Å². The number of carbonyl (C=O) groups is 1. The molecule has 2 aromatic rings.